The van der Waals surface area contributed by atoms with Gasteiger partial charge in [0.1, 0.15) is 16.5 Å². The Kier molecular flexibility index (Phi) is 5.71. The van der Waals surface area contributed by atoms with Crippen LogP contribution in [-0.4, -0.2) is 18.9 Å². The van der Waals surface area contributed by atoms with Gasteiger partial charge in [0.2, 0.25) is 0 Å². The second kappa shape index (κ2) is 7.78. The third-order valence-corrected chi connectivity index (χ3v) is 4.87. The zero-order valence-electron chi connectivity index (χ0n) is 14.4. The zero-order valence-corrected chi connectivity index (χ0v) is 16.7. The molecule has 2 aromatic rings. The lowest BCUT2D eigenvalue weighted by atomic mass is 10.2. The molecular formula is C18H10Cl3F3N2O3. The number of hydrogen-bond acceptors (Lipinski definition) is 4. The lowest BCUT2D eigenvalue weighted by Crippen LogP contribution is -2.32. The van der Waals surface area contributed by atoms with Gasteiger partial charge in [0, 0.05) is 5.02 Å². The number of amides is 2. The van der Waals surface area contributed by atoms with Crippen molar-refractivity contribution in [1.82, 2.24) is 0 Å². The molecule has 0 atom stereocenters. The van der Waals surface area contributed by atoms with Crippen molar-refractivity contribution in [3.63, 3.8) is 0 Å². The molecule has 29 heavy (non-hydrogen) atoms. The van der Waals surface area contributed by atoms with Crippen LogP contribution in [0.3, 0.4) is 0 Å². The Bertz CT molecular complexity index is 1050. The number of carbonyl (C=O) groups is 2. The highest BCUT2D eigenvalue weighted by Crippen LogP contribution is 2.39. The zero-order chi connectivity index (χ0) is 21.5. The van der Waals surface area contributed by atoms with Gasteiger partial charge in [-0.2, -0.15) is 13.2 Å². The lowest BCUT2D eigenvalue weighted by molar-refractivity contribution is -0.137. The summed E-state index contributed by atoms with van der Waals surface area (Å²) in [4.78, 5) is 25.8. The third kappa shape index (κ3) is 4.01. The van der Waals surface area contributed by atoms with Gasteiger partial charge in [0.25, 0.3) is 11.8 Å². The summed E-state index contributed by atoms with van der Waals surface area (Å²) in [6.07, 6.45) is -4.70. The number of ether oxygens (including phenoxy) is 1. The fourth-order valence-electron chi connectivity index (χ4n) is 2.60. The Morgan fingerprint density at radius 1 is 1.00 bits per heavy atom. The van der Waals surface area contributed by atoms with Crippen LogP contribution in [-0.2, 0) is 15.8 Å². The van der Waals surface area contributed by atoms with Crippen molar-refractivity contribution in [3.8, 4) is 5.75 Å². The number of rotatable bonds is 4. The number of hydrogen-bond donors (Lipinski definition) is 1. The third-order valence-electron chi connectivity index (χ3n) is 3.96. The van der Waals surface area contributed by atoms with Crippen molar-refractivity contribution in [3.05, 3.63) is 62.7 Å². The van der Waals surface area contributed by atoms with Gasteiger partial charge in [-0.15, -0.1) is 0 Å². The molecule has 3 rings (SSSR count). The summed E-state index contributed by atoms with van der Waals surface area (Å²) in [5, 5.41) is 2.21. The number of benzene rings is 2. The number of alkyl halides is 3. The van der Waals surface area contributed by atoms with E-state index < -0.39 is 34.3 Å². The Labute approximate surface area is 177 Å². The summed E-state index contributed by atoms with van der Waals surface area (Å²) in [5.41, 5.74) is -1.65. The maximum atomic E-state index is 13.0. The van der Waals surface area contributed by atoms with Crippen LogP contribution in [0.4, 0.5) is 24.5 Å². The van der Waals surface area contributed by atoms with Crippen LogP contribution in [0.5, 0.6) is 5.75 Å². The monoisotopic (exact) mass is 464 g/mol. The summed E-state index contributed by atoms with van der Waals surface area (Å²) >= 11 is 17.9. The molecule has 1 heterocycles. The van der Waals surface area contributed by atoms with E-state index >= 15 is 0 Å². The van der Waals surface area contributed by atoms with Gasteiger partial charge in [0.05, 0.1) is 29.1 Å². The molecule has 152 valence electrons. The van der Waals surface area contributed by atoms with Crippen molar-refractivity contribution in [2.75, 3.05) is 17.3 Å². The number of nitrogens with one attached hydrogen (secondary N) is 1. The molecule has 1 aliphatic heterocycles. The van der Waals surface area contributed by atoms with E-state index in [4.69, 9.17) is 39.5 Å². The van der Waals surface area contributed by atoms with Crippen LogP contribution in [0.2, 0.25) is 10.0 Å². The Hall–Kier alpha value is -2.42. The van der Waals surface area contributed by atoms with Crippen LogP contribution in [0.1, 0.15) is 5.56 Å². The van der Waals surface area contributed by atoms with Crippen molar-refractivity contribution >= 4 is 58.0 Å². The first kappa shape index (κ1) is 21.3. The molecule has 1 aliphatic rings. The number of anilines is 2. The molecule has 5 nitrogen and oxygen atoms in total. The summed E-state index contributed by atoms with van der Waals surface area (Å²) < 4.78 is 44.3. The first-order valence-corrected chi connectivity index (χ1v) is 8.94. The molecule has 0 bridgehead atoms. The number of nitrogens with zero attached hydrogens (tertiary/aromatic N) is 1. The van der Waals surface area contributed by atoms with Crippen molar-refractivity contribution in [1.29, 1.82) is 0 Å². The maximum absolute atomic E-state index is 13.0. The summed E-state index contributed by atoms with van der Waals surface area (Å²) in [6.45, 7) is 0. The fourth-order valence-corrected chi connectivity index (χ4v) is 3.19. The Morgan fingerprint density at radius 3 is 2.31 bits per heavy atom. The lowest BCUT2D eigenvalue weighted by Gasteiger charge is -2.18. The second-order valence-corrected chi connectivity index (χ2v) is 6.99. The minimum atomic E-state index is -4.70. The van der Waals surface area contributed by atoms with E-state index in [1.54, 1.807) is 0 Å². The molecule has 0 spiro atoms. The smallest absolute Gasteiger partial charge is 0.416 e. The number of imide groups is 1. The highest BCUT2D eigenvalue weighted by Gasteiger charge is 2.41. The second-order valence-electron chi connectivity index (χ2n) is 5.77. The summed E-state index contributed by atoms with van der Waals surface area (Å²) in [6, 6.07) is 6.77. The van der Waals surface area contributed by atoms with E-state index in [0.717, 1.165) is 12.1 Å². The van der Waals surface area contributed by atoms with E-state index in [0.29, 0.717) is 21.7 Å². The number of carbonyl (C=O) groups excluding carboxylic acids is 2. The number of methoxy groups -OCH3 is 1. The van der Waals surface area contributed by atoms with Gasteiger partial charge < -0.3 is 10.1 Å². The largest absolute Gasteiger partial charge is 0.495 e. The molecule has 0 unspecified atom stereocenters. The Morgan fingerprint density at radius 2 is 1.69 bits per heavy atom. The molecule has 0 aliphatic carbocycles. The van der Waals surface area contributed by atoms with Gasteiger partial charge in [0.15, 0.2) is 0 Å². The summed E-state index contributed by atoms with van der Waals surface area (Å²) in [7, 11) is 1.38. The van der Waals surface area contributed by atoms with Crippen LogP contribution in [0.15, 0.2) is 47.1 Å². The summed E-state index contributed by atoms with van der Waals surface area (Å²) in [5.74, 6) is -1.72. The first-order valence-electron chi connectivity index (χ1n) is 7.80. The van der Waals surface area contributed by atoms with E-state index in [9.17, 15) is 22.8 Å². The standard InChI is InChI=1S/C18H10Cl3F3N2O3/c1-29-13-5-3-9(19)7-11(13)25-15-14(21)16(27)26(17(15)28)12-6-8(18(22,23)24)2-4-10(12)20/h2-7,25H,1H3. The van der Waals surface area contributed by atoms with Gasteiger partial charge in [-0.25, -0.2) is 4.90 Å². The average Bonchev–Trinajstić information content (AvgIpc) is 2.85. The predicted octanol–water partition coefficient (Wildman–Crippen LogP) is 5.46. The number of halogens is 6. The van der Waals surface area contributed by atoms with Crippen LogP contribution in [0, 0.1) is 0 Å². The van der Waals surface area contributed by atoms with E-state index in [1.165, 1.54) is 25.3 Å². The predicted molar refractivity (Wildman–Crippen MR) is 103 cm³/mol. The molecule has 2 aromatic carbocycles. The molecule has 0 fully saturated rings. The van der Waals surface area contributed by atoms with E-state index in [2.05, 4.69) is 5.32 Å². The SMILES string of the molecule is COc1ccc(Cl)cc1NC1=C(Cl)C(=O)N(c2cc(C(F)(F)F)ccc2Cl)C1=O. The van der Waals surface area contributed by atoms with E-state index in [-0.39, 0.29) is 16.4 Å². The van der Waals surface area contributed by atoms with Gasteiger partial charge in [-0.1, -0.05) is 34.8 Å². The normalized spacial score (nSPS) is 14.7. The molecule has 0 saturated carbocycles. The van der Waals surface area contributed by atoms with Gasteiger partial charge >= 0.3 is 6.18 Å². The molecule has 11 heteroatoms. The van der Waals surface area contributed by atoms with Gasteiger partial charge in [-0.05, 0) is 36.4 Å². The van der Waals surface area contributed by atoms with E-state index in [1.807, 2.05) is 0 Å². The topological polar surface area (TPSA) is 58.6 Å². The van der Waals surface area contributed by atoms with Crippen molar-refractivity contribution in [2.45, 2.75) is 6.18 Å². The molecule has 0 radical (unpaired) electrons. The van der Waals surface area contributed by atoms with Gasteiger partial charge in [-0.3, -0.25) is 9.59 Å². The minimum absolute atomic E-state index is 0.228. The molecular weight excluding hydrogens is 456 g/mol. The molecule has 2 amide bonds. The average molecular weight is 466 g/mol. The fraction of sp³-hybridized carbons (Fsp3) is 0.111. The molecule has 1 N–H and O–H groups in total. The quantitative estimate of drug-likeness (QED) is 0.610. The Balaban J connectivity index is 2.01. The van der Waals surface area contributed by atoms with Crippen LogP contribution < -0.4 is 15.0 Å². The maximum Gasteiger partial charge on any atom is 0.416 e. The minimum Gasteiger partial charge on any atom is -0.495 e. The molecule has 0 aromatic heterocycles. The van der Waals surface area contributed by atoms with Crippen molar-refractivity contribution in [2.24, 2.45) is 0 Å². The van der Waals surface area contributed by atoms with Crippen molar-refractivity contribution < 1.29 is 27.5 Å². The van der Waals surface area contributed by atoms with Crippen LogP contribution >= 0.6 is 34.8 Å². The first-order chi connectivity index (χ1) is 13.5. The highest BCUT2D eigenvalue weighted by atomic mass is 35.5. The highest BCUT2D eigenvalue weighted by molar-refractivity contribution is 6.53. The molecule has 0 saturated heterocycles. The van der Waals surface area contributed by atoms with Crippen LogP contribution in [0.25, 0.3) is 0 Å².